The maximum atomic E-state index is 14.6. The third kappa shape index (κ3) is 8.66. The minimum Gasteiger partial charge on any atom is -0.493 e. The highest BCUT2D eigenvalue weighted by Gasteiger charge is 2.56. The summed E-state index contributed by atoms with van der Waals surface area (Å²) in [7, 11) is 0. The van der Waals surface area contributed by atoms with Gasteiger partial charge >= 0.3 is 0 Å². The van der Waals surface area contributed by atoms with E-state index in [0.29, 0.717) is 31.6 Å². The predicted molar refractivity (Wildman–Crippen MR) is 188 cm³/mol. The molecule has 3 fully saturated rings. The van der Waals surface area contributed by atoms with Gasteiger partial charge in [-0.15, -0.1) is 0 Å². The lowest BCUT2D eigenvalue weighted by molar-refractivity contribution is -0.145. The number of nitrogens with zero attached hydrogens (tertiary/aromatic N) is 2. The van der Waals surface area contributed by atoms with Gasteiger partial charge in [-0.25, -0.2) is 0 Å². The summed E-state index contributed by atoms with van der Waals surface area (Å²) in [5.74, 6) is -1.79. The zero-order valence-electron chi connectivity index (χ0n) is 30.6. The lowest BCUT2D eigenvalue weighted by atomic mass is 9.84. The molecule has 50 heavy (non-hydrogen) atoms. The number of aryl methyl sites for hydroxylation is 2. The Hall–Kier alpha value is -3.96. The van der Waals surface area contributed by atoms with Crippen LogP contribution >= 0.6 is 0 Å². The Labute approximate surface area is 295 Å². The second kappa shape index (κ2) is 15.1. The number of ether oxygens (including phenoxy) is 1. The fourth-order valence-electron chi connectivity index (χ4n) is 7.82. The fourth-order valence-corrected chi connectivity index (χ4v) is 7.82. The summed E-state index contributed by atoms with van der Waals surface area (Å²) in [6.07, 6.45) is 8.30. The second-order valence-corrected chi connectivity index (χ2v) is 16.1. The zero-order chi connectivity index (χ0) is 36.4. The van der Waals surface area contributed by atoms with E-state index in [1.807, 2.05) is 53.7 Å². The van der Waals surface area contributed by atoms with Crippen molar-refractivity contribution >= 4 is 35.1 Å². The van der Waals surface area contributed by atoms with Crippen molar-refractivity contribution in [1.29, 1.82) is 0 Å². The molecule has 0 aromatic heterocycles. The largest absolute Gasteiger partial charge is 0.493 e. The lowest BCUT2D eigenvalue weighted by Crippen LogP contribution is -2.59. The molecule has 4 aliphatic rings. The smallest absolute Gasteiger partial charge is 0.287 e. The molecule has 4 amide bonds. The van der Waals surface area contributed by atoms with E-state index in [-0.39, 0.29) is 30.7 Å². The normalized spacial score (nSPS) is 23.5. The number of hydrogen-bond acceptors (Lipinski definition) is 8. The van der Waals surface area contributed by atoms with Crippen molar-refractivity contribution in [1.82, 2.24) is 15.5 Å². The first-order valence-corrected chi connectivity index (χ1v) is 18.3. The summed E-state index contributed by atoms with van der Waals surface area (Å²) in [5, 5.41) is 10.3. The fraction of sp³-hybridized carbons (Fsp3) is 0.684. The number of hydrogen-bond donors (Lipinski definition) is 3. The molecule has 2 aliphatic carbocycles. The Morgan fingerprint density at radius 2 is 1.68 bits per heavy atom. The summed E-state index contributed by atoms with van der Waals surface area (Å²) in [6, 6.07) is 0.952. The van der Waals surface area contributed by atoms with E-state index in [1.165, 1.54) is 11.3 Å². The summed E-state index contributed by atoms with van der Waals surface area (Å²) in [4.78, 5) is 74.5. The average molecular weight is 694 g/mol. The van der Waals surface area contributed by atoms with Gasteiger partial charge in [0.05, 0.1) is 24.9 Å². The van der Waals surface area contributed by atoms with Crippen LogP contribution in [0.2, 0.25) is 0 Å². The Morgan fingerprint density at radius 1 is 1.02 bits per heavy atom. The molecule has 0 bridgehead atoms. The van der Waals surface area contributed by atoms with Crippen LogP contribution in [-0.2, 0) is 28.8 Å². The standard InChI is InChI=1S/C38H55N5O7/c1-7-49-32-22(2)15-26(16-23(32)3)28-19-38(50-42-28)20-29(35(47)40-27(17-25-13-14-25)31(45)34(39)46)43(21-38)36(48)33(37(4,5)6)41-30(44)18-24-11-9-8-10-12-24/h15-16,24-25,27,29,33H,7-14,17-21H2,1-6H3,(H2,39,46)(H,40,47)(H,41,44)/t27-,29-,33+,38+/m0/s1. The van der Waals surface area contributed by atoms with E-state index in [0.717, 1.165) is 61.0 Å². The van der Waals surface area contributed by atoms with Gasteiger partial charge in [-0.05, 0) is 80.5 Å². The van der Waals surface area contributed by atoms with Gasteiger partial charge in [0.1, 0.15) is 17.8 Å². The lowest BCUT2D eigenvalue weighted by Gasteiger charge is -2.36. The SMILES string of the molecule is CCOc1c(C)cc(C2=NO[C@]3(C2)C[C@@H](C(=O)N[C@@H](CC2CC2)C(=O)C(N)=O)N(C(=O)[C@@H](NC(=O)CC2CCCCC2)C(C)(C)C)C3)cc1C. The molecule has 1 aromatic carbocycles. The van der Waals surface area contributed by atoms with Crippen LogP contribution in [0.25, 0.3) is 0 Å². The highest BCUT2D eigenvalue weighted by Crippen LogP contribution is 2.41. The van der Waals surface area contributed by atoms with Gasteiger partial charge < -0.3 is 30.8 Å². The topological polar surface area (TPSA) is 169 Å². The van der Waals surface area contributed by atoms with E-state index in [9.17, 15) is 24.0 Å². The van der Waals surface area contributed by atoms with Crippen LogP contribution in [0.5, 0.6) is 5.75 Å². The van der Waals surface area contributed by atoms with Crippen LogP contribution in [0.1, 0.15) is 115 Å². The van der Waals surface area contributed by atoms with Crippen molar-refractivity contribution in [2.24, 2.45) is 28.1 Å². The minimum atomic E-state index is -1.11. The molecule has 0 radical (unpaired) electrons. The third-order valence-electron chi connectivity index (χ3n) is 10.7. The molecule has 1 saturated heterocycles. The maximum absolute atomic E-state index is 14.6. The van der Waals surface area contributed by atoms with Crippen LogP contribution in [-0.4, -0.2) is 76.9 Å². The van der Waals surface area contributed by atoms with Crippen molar-refractivity contribution in [2.75, 3.05) is 13.2 Å². The number of likely N-dealkylation sites (tertiary alicyclic amines) is 1. The van der Waals surface area contributed by atoms with Crippen LogP contribution in [0.15, 0.2) is 17.3 Å². The van der Waals surface area contributed by atoms with Crippen LogP contribution in [0.4, 0.5) is 0 Å². The second-order valence-electron chi connectivity index (χ2n) is 16.1. The summed E-state index contributed by atoms with van der Waals surface area (Å²) in [6.45, 7) is 12.2. The molecule has 1 spiro atoms. The first-order valence-electron chi connectivity index (χ1n) is 18.3. The maximum Gasteiger partial charge on any atom is 0.287 e. The molecule has 2 aliphatic heterocycles. The van der Waals surface area contributed by atoms with Crippen molar-refractivity contribution in [3.8, 4) is 5.75 Å². The highest BCUT2D eigenvalue weighted by atomic mass is 16.7. The van der Waals surface area contributed by atoms with Gasteiger partial charge in [-0.1, -0.05) is 58.0 Å². The molecule has 2 saturated carbocycles. The van der Waals surface area contributed by atoms with Gasteiger partial charge in [0.15, 0.2) is 5.60 Å². The Bertz CT molecular complexity index is 1500. The number of amides is 4. The number of ketones is 1. The quantitative estimate of drug-likeness (QED) is 0.262. The molecule has 4 N–H and O–H groups in total. The molecule has 12 nitrogen and oxygen atoms in total. The number of Topliss-reactive ketones (excluding diaryl/α,β-unsaturated/α-hetero) is 1. The van der Waals surface area contributed by atoms with Crippen LogP contribution < -0.4 is 21.1 Å². The monoisotopic (exact) mass is 693 g/mol. The van der Waals surface area contributed by atoms with Crippen molar-refractivity contribution in [2.45, 2.75) is 136 Å². The minimum absolute atomic E-state index is 0.0496. The predicted octanol–water partition coefficient (Wildman–Crippen LogP) is 4.01. The molecular weight excluding hydrogens is 638 g/mol. The first-order chi connectivity index (χ1) is 23.6. The number of nitrogens with two attached hydrogens (primary N) is 1. The van der Waals surface area contributed by atoms with E-state index >= 15 is 0 Å². The molecule has 5 rings (SSSR count). The highest BCUT2D eigenvalue weighted by molar-refractivity contribution is 6.37. The number of nitrogens with one attached hydrogen (secondary N) is 2. The van der Waals surface area contributed by atoms with Crippen molar-refractivity contribution < 1.29 is 33.5 Å². The van der Waals surface area contributed by atoms with Gasteiger partial charge in [0.25, 0.3) is 5.91 Å². The number of primary amides is 1. The third-order valence-corrected chi connectivity index (χ3v) is 10.7. The summed E-state index contributed by atoms with van der Waals surface area (Å²) >= 11 is 0. The molecular formula is C38H55N5O7. The first kappa shape index (κ1) is 37.3. The molecule has 274 valence electrons. The molecule has 1 aromatic rings. The summed E-state index contributed by atoms with van der Waals surface area (Å²) in [5.41, 5.74) is 7.15. The van der Waals surface area contributed by atoms with E-state index in [1.54, 1.807) is 0 Å². The molecule has 4 atom stereocenters. The van der Waals surface area contributed by atoms with E-state index in [4.69, 9.17) is 15.3 Å². The van der Waals surface area contributed by atoms with Gasteiger partial charge in [0, 0.05) is 24.8 Å². The number of carbonyl (C=O) groups excluding carboxylic acids is 5. The van der Waals surface area contributed by atoms with Gasteiger partial charge in [0.2, 0.25) is 23.5 Å². The Morgan fingerprint density at radius 3 is 2.26 bits per heavy atom. The Balaban J connectivity index is 1.41. The van der Waals surface area contributed by atoms with Gasteiger partial charge in [-0.2, -0.15) is 0 Å². The Kier molecular flexibility index (Phi) is 11.3. The van der Waals surface area contributed by atoms with Crippen molar-refractivity contribution in [3.05, 3.63) is 28.8 Å². The van der Waals surface area contributed by atoms with E-state index < -0.39 is 52.6 Å². The number of rotatable bonds is 13. The van der Waals surface area contributed by atoms with Gasteiger partial charge in [-0.3, -0.25) is 24.0 Å². The van der Waals surface area contributed by atoms with Crippen LogP contribution in [0, 0.1) is 31.1 Å². The molecule has 2 heterocycles. The number of carbonyl (C=O) groups is 5. The zero-order valence-corrected chi connectivity index (χ0v) is 30.6. The average Bonchev–Trinajstić information content (AvgIpc) is 3.65. The molecule has 0 unspecified atom stereocenters. The van der Waals surface area contributed by atoms with Crippen molar-refractivity contribution in [3.63, 3.8) is 0 Å². The summed E-state index contributed by atoms with van der Waals surface area (Å²) < 4.78 is 5.83. The van der Waals surface area contributed by atoms with Crippen LogP contribution in [0.3, 0.4) is 0 Å². The number of benzene rings is 1. The molecule has 12 heteroatoms. The van der Waals surface area contributed by atoms with E-state index in [2.05, 4.69) is 15.8 Å². The number of oxime groups is 1.